The average Bonchev–Trinajstić information content (AvgIpc) is 3.48. The Balaban J connectivity index is 1.45. The number of fused-ring (bicyclic) bond motifs is 2. The van der Waals surface area contributed by atoms with Crippen LogP contribution >= 0.6 is 0 Å². The van der Waals surface area contributed by atoms with E-state index in [1.165, 1.54) is 6.20 Å². The highest BCUT2D eigenvalue weighted by atomic mass is 16.5. The minimum absolute atomic E-state index is 0.277. The number of aliphatic hydroxyl groups is 1. The Morgan fingerprint density at radius 3 is 2.80 bits per heavy atom. The first-order chi connectivity index (χ1) is 17.0. The van der Waals surface area contributed by atoms with E-state index in [2.05, 4.69) is 37.5 Å². The summed E-state index contributed by atoms with van der Waals surface area (Å²) in [4.78, 5) is 22.7. The van der Waals surface area contributed by atoms with Crippen molar-refractivity contribution < 1.29 is 14.6 Å². The van der Waals surface area contributed by atoms with Crippen LogP contribution in [0.2, 0.25) is 0 Å². The first-order valence-corrected chi connectivity index (χ1v) is 12.1. The van der Waals surface area contributed by atoms with Gasteiger partial charge in [0.15, 0.2) is 5.65 Å². The zero-order valence-electron chi connectivity index (χ0n) is 19.9. The minimum Gasteiger partial charge on any atom is -0.388 e. The van der Waals surface area contributed by atoms with Gasteiger partial charge in [-0.2, -0.15) is 9.61 Å². The van der Waals surface area contributed by atoms with Gasteiger partial charge in [-0.3, -0.25) is 4.79 Å². The van der Waals surface area contributed by atoms with E-state index in [1.807, 2.05) is 25.4 Å². The van der Waals surface area contributed by atoms with Gasteiger partial charge in [-0.15, -0.1) is 0 Å². The summed E-state index contributed by atoms with van der Waals surface area (Å²) >= 11 is 0. The standard InChI is InChI=1S/C25H29N7O3/c1-25(34)8-5-20(25)30-24(33)17-13-28-32-21(26-2)12-19(29-23(17)32)18-14-31(15-6-10-35-11-7-15)22-16(18)4-3-9-27-22/h3-4,9,12-15,20,26,34H,5-8,10-11H2,1-2H3,(H,30,33)/t20-,25-/m1/s1. The predicted octanol–water partition coefficient (Wildman–Crippen LogP) is 2.78. The zero-order valence-corrected chi connectivity index (χ0v) is 19.9. The number of rotatable bonds is 5. The average molecular weight is 476 g/mol. The SMILES string of the molecule is CNc1cc(-c2cn(C3CCOCC3)c3ncccc23)nc2c(C(=O)N[C@@H]3CC[C@@]3(C)O)cnn12. The third kappa shape index (κ3) is 3.64. The van der Waals surface area contributed by atoms with Crippen LogP contribution < -0.4 is 10.6 Å². The van der Waals surface area contributed by atoms with Crippen LogP contribution in [0.15, 0.2) is 36.8 Å². The van der Waals surface area contributed by atoms with Crippen molar-refractivity contribution in [3.8, 4) is 11.3 Å². The molecule has 0 radical (unpaired) electrons. The molecule has 4 aromatic rings. The Morgan fingerprint density at radius 1 is 1.26 bits per heavy atom. The molecule has 0 spiro atoms. The molecule has 5 heterocycles. The summed E-state index contributed by atoms with van der Waals surface area (Å²) in [5.74, 6) is 0.429. The lowest BCUT2D eigenvalue weighted by Crippen LogP contribution is -2.58. The molecule has 2 fully saturated rings. The molecular weight excluding hydrogens is 446 g/mol. The van der Waals surface area contributed by atoms with Crippen molar-refractivity contribution in [3.05, 3.63) is 42.4 Å². The lowest BCUT2D eigenvalue weighted by Gasteiger charge is -2.42. The monoisotopic (exact) mass is 475 g/mol. The molecule has 10 nitrogen and oxygen atoms in total. The number of anilines is 1. The molecule has 0 unspecified atom stereocenters. The Bertz CT molecular complexity index is 1420. The maximum atomic E-state index is 13.1. The Labute approximate surface area is 202 Å². The summed E-state index contributed by atoms with van der Waals surface area (Å²) in [5, 5.41) is 21.9. The fraction of sp³-hybridized carbons (Fsp3) is 0.440. The lowest BCUT2D eigenvalue weighted by molar-refractivity contribution is -0.0486. The van der Waals surface area contributed by atoms with E-state index in [1.54, 1.807) is 11.4 Å². The second-order valence-electron chi connectivity index (χ2n) is 9.66. The molecule has 35 heavy (non-hydrogen) atoms. The van der Waals surface area contributed by atoms with Crippen molar-refractivity contribution >= 4 is 28.4 Å². The Kier molecular flexibility index (Phi) is 5.23. The summed E-state index contributed by atoms with van der Waals surface area (Å²) in [6.45, 7) is 3.22. The number of pyridine rings is 1. The quantitative estimate of drug-likeness (QED) is 0.406. The van der Waals surface area contributed by atoms with Crippen LogP contribution in [-0.2, 0) is 4.74 Å². The maximum absolute atomic E-state index is 13.1. The van der Waals surface area contributed by atoms with E-state index >= 15 is 0 Å². The molecule has 2 aliphatic rings. The van der Waals surface area contributed by atoms with Gasteiger partial charge < -0.3 is 25.0 Å². The normalized spacial score (nSPS) is 22.9. The first-order valence-electron chi connectivity index (χ1n) is 12.1. The second kappa shape index (κ2) is 8.31. The van der Waals surface area contributed by atoms with Crippen LogP contribution in [0.3, 0.4) is 0 Å². The van der Waals surface area contributed by atoms with E-state index in [-0.39, 0.29) is 11.9 Å². The van der Waals surface area contributed by atoms with Gasteiger partial charge >= 0.3 is 0 Å². The smallest absolute Gasteiger partial charge is 0.257 e. The van der Waals surface area contributed by atoms with Crippen LogP contribution in [0, 0.1) is 0 Å². The van der Waals surface area contributed by atoms with Crippen molar-refractivity contribution in [1.29, 1.82) is 0 Å². The van der Waals surface area contributed by atoms with Gasteiger partial charge in [0.1, 0.15) is 17.0 Å². The number of carbonyl (C=O) groups is 1. The number of ether oxygens (including phenoxy) is 1. The third-order valence-electron chi connectivity index (χ3n) is 7.42. The molecule has 10 heteroatoms. The molecular formula is C25H29N7O3. The van der Waals surface area contributed by atoms with E-state index in [0.29, 0.717) is 23.7 Å². The van der Waals surface area contributed by atoms with Crippen LogP contribution in [-0.4, -0.2) is 67.1 Å². The van der Waals surface area contributed by atoms with Crippen molar-refractivity contribution in [2.24, 2.45) is 0 Å². The molecule has 1 saturated heterocycles. The van der Waals surface area contributed by atoms with Crippen molar-refractivity contribution in [1.82, 2.24) is 29.5 Å². The van der Waals surface area contributed by atoms with Gasteiger partial charge in [-0.05, 0) is 44.7 Å². The Hall–Kier alpha value is -3.50. The molecule has 3 N–H and O–H groups in total. The molecule has 1 amide bonds. The van der Waals surface area contributed by atoms with Crippen LogP contribution in [0.4, 0.5) is 5.82 Å². The second-order valence-corrected chi connectivity index (χ2v) is 9.66. The number of carbonyl (C=O) groups excluding carboxylic acids is 1. The highest BCUT2D eigenvalue weighted by Gasteiger charge is 2.42. The number of aromatic nitrogens is 5. The van der Waals surface area contributed by atoms with Crippen molar-refractivity contribution in [2.75, 3.05) is 25.6 Å². The van der Waals surface area contributed by atoms with Gasteiger partial charge in [0.2, 0.25) is 0 Å². The molecule has 6 rings (SSSR count). The maximum Gasteiger partial charge on any atom is 0.257 e. The number of amides is 1. The molecule has 4 aromatic heterocycles. The highest BCUT2D eigenvalue weighted by molar-refractivity contribution is 6.01. The fourth-order valence-corrected chi connectivity index (χ4v) is 5.14. The van der Waals surface area contributed by atoms with Gasteiger partial charge in [0.05, 0.1) is 23.5 Å². The minimum atomic E-state index is -0.883. The summed E-state index contributed by atoms with van der Waals surface area (Å²) in [6, 6.07) is 5.96. The summed E-state index contributed by atoms with van der Waals surface area (Å²) < 4.78 is 9.43. The van der Waals surface area contributed by atoms with Gasteiger partial charge in [-0.25, -0.2) is 9.97 Å². The molecule has 2 atom stereocenters. The van der Waals surface area contributed by atoms with Crippen molar-refractivity contribution in [3.63, 3.8) is 0 Å². The number of hydrogen-bond donors (Lipinski definition) is 3. The van der Waals surface area contributed by atoms with Gasteiger partial charge in [0, 0.05) is 55.7 Å². The van der Waals surface area contributed by atoms with E-state index in [0.717, 1.165) is 60.6 Å². The topological polar surface area (TPSA) is 119 Å². The van der Waals surface area contributed by atoms with Crippen LogP contribution in [0.5, 0.6) is 0 Å². The zero-order chi connectivity index (χ0) is 24.2. The predicted molar refractivity (Wildman–Crippen MR) is 131 cm³/mol. The Morgan fingerprint density at radius 2 is 2.09 bits per heavy atom. The van der Waals surface area contributed by atoms with E-state index in [4.69, 9.17) is 9.72 Å². The lowest BCUT2D eigenvalue weighted by atomic mass is 9.76. The van der Waals surface area contributed by atoms with Crippen LogP contribution in [0.1, 0.15) is 49.0 Å². The number of nitrogens with zero attached hydrogens (tertiary/aromatic N) is 5. The van der Waals surface area contributed by atoms with Crippen LogP contribution in [0.25, 0.3) is 27.9 Å². The summed E-state index contributed by atoms with van der Waals surface area (Å²) in [7, 11) is 1.82. The summed E-state index contributed by atoms with van der Waals surface area (Å²) in [6.07, 6.45) is 8.75. The number of nitrogens with one attached hydrogen (secondary N) is 2. The molecule has 1 saturated carbocycles. The highest BCUT2D eigenvalue weighted by Crippen LogP contribution is 2.35. The molecule has 1 aliphatic carbocycles. The van der Waals surface area contributed by atoms with E-state index < -0.39 is 5.60 Å². The largest absolute Gasteiger partial charge is 0.388 e. The van der Waals surface area contributed by atoms with Crippen molar-refractivity contribution in [2.45, 2.75) is 50.3 Å². The fourth-order valence-electron chi connectivity index (χ4n) is 5.14. The third-order valence-corrected chi connectivity index (χ3v) is 7.42. The molecule has 0 aromatic carbocycles. The van der Waals surface area contributed by atoms with Gasteiger partial charge in [-0.1, -0.05) is 0 Å². The molecule has 182 valence electrons. The molecule has 0 bridgehead atoms. The van der Waals surface area contributed by atoms with Gasteiger partial charge in [0.25, 0.3) is 5.91 Å². The molecule has 1 aliphatic heterocycles. The van der Waals surface area contributed by atoms with E-state index in [9.17, 15) is 9.90 Å². The first kappa shape index (κ1) is 22.0. The number of hydrogen-bond acceptors (Lipinski definition) is 7. The summed E-state index contributed by atoms with van der Waals surface area (Å²) in [5.41, 5.74) is 2.55.